The highest BCUT2D eigenvalue weighted by Gasteiger charge is 2.13. The van der Waals surface area contributed by atoms with E-state index in [1.807, 2.05) is 42.5 Å². The molecule has 3 rings (SSSR count). The van der Waals surface area contributed by atoms with Gasteiger partial charge in [0.05, 0.1) is 12.3 Å². The molecule has 0 fully saturated rings. The summed E-state index contributed by atoms with van der Waals surface area (Å²) in [5.41, 5.74) is 1.02. The van der Waals surface area contributed by atoms with E-state index in [2.05, 4.69) is 15.3 Å². The minimum atomic E-state index is -0.785. The van der Waals surface area contributed by atoms with Crippen molar-refractivity contribution in [2.45, 2.75) is 6.10 Å². The van der Waals surface area contributed by atoms with Gasteiger partial charge in [-0.25, -0.2) is 4.98 Å². The van der Waals surface area contributed by atoms with Crippen LogP contribution >= 0.6 is 0 Å². The number of nitrogens with zero attached hydrogens (tertiary/aromatic N) is 2. The molecular formula is C17H15N3O2. The molecule has 110 valence electrons. The van der Waals surface area contributed by atoms with Gasteiger partial charge in [-0.05, 0) is 16.3 Å². The summed E-state index contributed by atoms with van der Waals surface area (Å²) >= 11 is 0. The van der Waals surface area contributed by atoms with Crippen LogP contribution in [0.1, 0.15) is 22.2 Å². The smallest absolute Gasteiger partial charge is 0.271 e. The molecular weight excluding hydrogens is 278 g/mol. The maximum atomic E-state index is 11.9. The largest absolute Gasteiger partial charge is 0.387 e. The molecule has 0 saturated carbocycles. The molecule has 0 aliphatic carbocycles. The Hall–Kier alpha value is -2.79. The molecule has 0 aliphatic heterocycles. The first-order chi connectivity index (χ1) is 10.8. The minimum Gasteiger partial charge on any atom is -0.387 e. The Morgan fingerprint density at radius 1 is 1.14 bits per heavy atom. The van der Waals surface area contributed by atoms with Crippen LogP contribution in [0.3, 0.4) is 0 Å². The van der Waals surface area contributed by atoms with Crippen molar-refractivity contribution in [3.8, 4) is 0 Å². The van der Waals surface area contributed by atoms with Gasteiger partial charge < -0.3 is 10.4 Å². The predicted molar refractivity (Wildman–Crippen MR) is 83.3 cm³/mol. The van der Waals surface area contributed by atoms with Gasteiger partial charge in [-0.1, -0.05) is 42.5 Å². The normalized spacial score (nSPS) is 12.0. The zero-order valence-electron chi connectivity index (χ0n) is 11.8. The zero-order chi connectivity index (χ0) is 15.4. The van der Waals surface area contributed by atoms with Crippen LogP contribution in [-0.2, 0) is 0 Å². The van der Waals surface area contributed by atoms with Gasteiger partial charge in [-0.2, -0.15) is 0 Å². The lowest BCUT2D eigenvalue weighted by Crippen LogP contribution is -2.29. The van der Waals surface area contributed by atoms with Gasteiger partial charge in [0.2, 0.25) is 0 Å². The Labute approximate surface area is 127 Å². The van der Waals surface area contributed by atoms with Gasteiger partial charge in [0.1, 0.15) is 5.69 Å². The molecule has 0 bridgehead atoms. The van der Waals surface area contributed by atoms with E-state index in [4.69, 9.17) is 0 Å². The lowest BCUT2D eigenvalue weighted by Gasteiger charge is -2.14. The minimum absolute atomic E-state index is 0.114. The molecule has 0 aliphatic rings. The monoisotopic (exact) mass is 293 g/mol. The molecule has 1 aromatic heterocycles. The fourth-order valence-electron chi connectivity index (χ4n) is 2.35. The summed E-state index contributed by atoms with van der Waals surface area (Å²) in [5.74, 6) is -0.354. The van der Waals surface area contributed by atoms with Gasteiger partial charge >= 0.3 is 0 Å². The summed E-state index contributed by atoms with van der Waals surface area (Å²) in [6.07, 6.45) is 3.56. The summed E-state index contributed by atoms with van der Waals surface area (Å²) in [4.78, 5) is 19.7. The number of benzene rings is 2. The molecule has 1 unspecified atom stereocenters. The number of aromatic nitrogens is 2. The summed E-state index contributed by atoms with van der Waals surface area (Å²) in [6, 6.07) is 13.6. The second-order valence-corrected chi connectivity index (χ2v) is 4.88. The molecule has 1 heterocycles. The number of carbonyl (C=O) groups is 1. The van der Waals surface area contributed by atoms with Gasteiger partial charge in [0.25, 0.3) is 5.91 Å². The predicted octanol–water partition coefficient (Wildman–Crippen LogP) is 2.09. The summed E-state index contributed by atoms with van der Waals surface area (Å²) in [5, 5.41) is 15.1. The van der Waals surface area contributed by atoms with E-state index in [9.17, 15) is 9.90 Å². The third-order valence-corrected chi connectivity index (χ3v) is 3.43. The molecule has 2 aromatic carbocycles. The van der Waals surface area contributed by atoms with Crippen molar-refractivity contribution in [1.29, 1.82) is 0 Å². The number of fused-ring (bicyclic) bond motifs is 1. The van der Waals surface area contributed by atoms with Gasteiger partial charge in [-0.15, -0.1) is 0 Å². The highest BCUT2D eigenvalue weighted by molar-refractivity contribution is 5.92. The van der Waals surface area contributed by atoms with Crippen LogP contribution in [0.25, 0.3) is 10.8 Å². The van der Waals surface area contributed by atoms with Crippen molar-refractivity contribution in [2.75, 3.05) is 6.54 Å². The highest BCUT2D eigenvalue weighted by atomic mass is 16.3. The van der Waals surface area contributed by atoms with Crippen LogP contribution in [0, 0.1) is 0 Å². The van der Waals surface area contributed by atoms with Crippen LogP contribution in [0.4, 0.5) is 0 Å². The summed E-state index contributed by atoms with van der Waals surface area (Å²) < 4.78 is 0. The second kappa shape index (κ2) is 6.32. The van der Waals surface area contributed by atoms with Crippen molar-refractivity contribution in [1.82, 2.24) is 15.3 Å². The third kappa shape index (κ3) is 2.94. The number of nitrogens with one attached hydrogen (secondary N) is 1. The fraction of sp³-hybridized carbons (Fsp3) is 0.118. The van der Waals surface area contributed by atoms with Crippen LogP contribution in [0.2, 0.25) is 0 Å². The Morgan fingerprint density at radius 3 is 2.77 bits per heavy atom. The standard InChI is InChI=1S/C17H15N3O2/c21-16(11-20-17(22)15-10-18-8-9-19-15)14-7-3-5-12-4-1-2-6-13(12)14/h1-10,16,21H,11H2,(H,20,22). The number of rotatable bonds is 4. The molecule has 0 saturated heterocycles. The number of aliphatic hydroxyl groups excluding tert-OH is 1. The highest BCUT2D eigenvalue weighted by Crippen LogP contribution is 2.23. The molecule has 0 radical (unpaired) electrons. The van der Waals surface area contributed by atoms with Crippen LogP contribution in [0.5, 0.6) is 0 Å². The number of hydrogen-bond acceptors (Lipinski definition) is 4. The summed E-state index contributed by atoms with van der Waals surface area (Å²) in [6.45, 7) is 0.114. The lowest BCUT2D eigenvalue weighted by atomic mass is 10.0. The molecule has 5 nitrogen and oxygen atoms in total. The van der Waals surface area contributed by atoms with E-state index in [1.54, 1.807) is 0 Å². The van der Waals surface area contributed by atoms with Crippen molar-refractivity contribution in [2.24, 2.45) is 0 Å². The number of amides is 1. The van der Waals surface area contributed by atoms with Crippen LogP contribution in [-0.4, -0.2) is 27.5 Å². The first-order valence-corrected chi connectivity index (χ1v) is 6.95. The third-order valence-electron chi connectivity index (χ3n) is 3.43. The first kappa shape index (κ1) is 14.2. The van der Waals surface area contributed by atoms with E-state index in [0.717, 1.165) is 16.3 Å². The van der Waals surface area contributed by atoms with E-state index in [1.165, 1.54) is 18.6 Å². The molecule has 2 N–H and O–H groups in total. The fourth-order valence-corrected chi connectivity index (χ4v) is 2.35. The molecule has 3 aromatic rings. The average Bonchev–Trinajstić information content (AvgIpc) is 2.59. The molecule has 1 amide bonds. The van der Waals surface area contributed by atoms with Crippen molar-refractivity contribution in [3.63, 3.8) is 0 Å². The van der Waals surface area contributed by atoms with Gasteiger partial charge in [0.15, 0.2) is 0 Å². The van der Waals surface area contributed by atoms with Crippen molar-refractivity contribution in [3.05, 3.63) is 72.3 Å². The Kier molecular flexibility index (Phi) is 4.07. The number of aliphatic hydroxyl groups is 1. The quantitative estimate of drug-likeness (QED) is 0.772. The SMILES string of the molecule is O=C(NCC(O)c1cccc2ccccc12)c1cnccn1. The average molecular weight is 293 g/mol. The van der Waals surface area contributed by atoms with E-state index >= 15 is 0 Å². The molecule has 22 heavy (non-hydrogen) atoms. The Bertz CT molecular complexity index is 785. The Balaban J connectivity index is 1.74. The molecule has 0 spiro atoms. The van der Waals surface area contributed by atoms with E-state index < -0.39 is 6.10 Å². The van der Waals surface area contributed by atoms with E-state index in [0.29, 0.717) is 0 Å². The summed E-state index contributed by atoms with van der Waals surface area (Å²) in [7, 11) is 0. The Morgan fingerprint density at radius 2 is 1.95 bits per heavy atom. The van der Waals surface area contributed by atoms with Crippen LogP contribution < -0.4 is 5.32 Å². The maximum Gasteiger partial charge on any atom is 0.271 e. The first-order valence-electron chi connectivity index (χ1n) is 6.95. The van der Waals surface area contributed by atoms with Crippen molar-refractivity contribution >= 4 is 16.7 Å². The molecule has 1 atom stereocenters. The molecule has 5 heteroatoms. The lowest BCUT2D eigenvalue weighted by molar-refractivity contribution is 0.0911. The van der Waals surface area contributed by atoms with E-state index in [-0.39, 0.29) is 18.1 Å². The van der Waals surface area contributed by atoms with Gasteiger partial charge in [0, 0.05) is 18.9 Å². The zero-order valence-corrected chi connectivity index (χ0v) is 11.8. The maximum absolute atomic E-state index is 11.9. The number of carbonyl (C=O) groups excluding carboxylic acids is 1. The number of hydrogen-bond donors (Lipinski definition) is 2. The van der Waals surface area contributed by atoms with Gasteiger partial charge in [-0.3, -0.25) is 9.78 Å². The second-order valence-electron chi connectivity index (χ2n) is 4.88. The van der Waals surface area contributed by atoms with Crippen molar-refractivity contribution < 1.29 is 9.90 Å². The topological polar surface area (TPSA) is 75.1 Å². The van der Waals surface area contributed by atoms with Crippen LogP contribution in [0.15, 0.2) is 61.1 Å².